The Labute approximate surface area is 61.6 Å². The van der Waals surface area contributed by atoms with E-state index in [0.717, 1.165) is 5.56 Å². The topological polar surface area (TPSA) is 33.4 Å². The maximum Gasteiger partial charge on any atom is 0.169 e. The van der Waals surface area contributed by atoms with E-state index >= 15 is 0 Å². The van der Waals surface area contributed by atoms with Crippen molar-refractivity contribution in [2.24, 2.45) is 0 Å². The summed E-state index contributed by atoms with van der Waals surface area (Å²) in [7, 11) is 0. The molecular weight excluding hydrogens is 184 g/mol. The standard InChI is InChI=1S/C6H7BrO2/c1-4-2-6(7)9-5(4)3-8/h2,8H,3H2,1H3. The number of halogens is 1. The van der Waals surface area contributed by atoms with Crippen LogP contribution in [0, 0.1) is 6.92 Å². The number of hydrogen-bond donors (Lipinski definition) is 1. The minimum Gasteiger partial charge on any atom is -0.452 e. The molecule has 3 heteroatoms. The lowest BCUT2D eigenvalue weighted by Gasteiger charge is -1.86. The first-order valence-electron chi connectivity index (χ1n) is 2.59. The summed E-state index contributed by atoms with van der Waals surface area (Å²) < 4.78 is 5.70. The molecule has 50 valence electrons. The van der Waals surface area contributed by atoms with Crippen molar-refractivity contribution >= 4 is 15.9 Å². The van der Waals surface area contributed by atoms with Crippen LogP contribution in [0.2, 0.25) is 0 Å². The fourth-order valence-corrected chi connectivity index (χ4v) is 1.17. The Bertz CT molecular complexity index is 205. The Morgan fingerprint density at radius 2 is 2.44 bits per heavy atom. The molecule has 1 rings (SSSR count). The van der Waals surface area contributed by atoms with Gasteiger partial charge in [-0.2, -0.15) is 0 Å². The van der Waals surface area contributed by atoms with Crippen molar-refractivity contribution in [3.05, 3.63) is 22.1 Å². The largest absolute Gasteiger partial charge is 0.452 e. The van der Waals surface area contributed by atoms with E-state index in [1.165, 1.54) is 0 Å². The van der Waals surface area contributed by atoms with Gasteiger partial charge in [0.25, 0.3) is 0 Å². The third-order valence-electron chi connectivity index (χ3n) is 1.13. The van der Waals surface area contributed by atoms with Crippen LogP contribution in [0.25, 0.3) is 0 Å². The fraction of sp³-hybridized carbons (Fsp3) is 0.333. The SMILES string of the molecule is Cc1cc(Br)oc1CO. The Morgan fingerprint density at radius 1 is 1.78 bits per heavy atom. The zero-order chi connectivity index (χ0) is 6.85. The second-order valence-corrected chi connectivity index (χ2v) is 2.60. The van der Waals surface area contributed by atoms with Crippen LogP contribution in [-0.2, 0) is 6.61 Å². The third-order valence-corrected chi connectivity index (χ3v) is 1.52. The van der Waals surface area contributed by atoms with Gasteiger partial charge in [-0.3, -0.25) is 0 Å². The molecule has 0 aliphatic heterocycles. The van der Waals surface area contributed by atoms with Gasteiger partial charge in [0.2, 0.25) is 0 Å². The van der Waals surface area contributed by atoms with E-state index in [4.69, 9.17) is 9.52 Å². The molecule has 0 amide bonds. The molecule has 1 N–H and O–H groups in total. The molecule has 9 heavy (non-hydrogen) atoms. The normalized spacial score (nSPS) is 10.1. The van der Waals surface area contributed by atoms with Gasteiger partial charge in [-0.1, -0.05) is 0 Å². The molecule has 1 heterocycles. The Morgan fingerprint density at radius 3 is 2.67 bits per heavy atom. The van der Waals surface area contributed by atoms with E-state index in [1.807, 2.05) is 13.0 Å². The van der Waals surface area contributed by atoms with E-state index in [1.54, 1.807) is 0 Å². The number of aliphatic hydroxyl groups excluding tert-OH is 1. The third kappa shape index (κ3) is 1.34. The van der Waals surface area contributed by atoms with E-state index < -0.39 is 0 Å². The van der Waals surface area contributed by atoms with Gasteiger partial charge in [-0.15, -0.1) is 0 Å². The van der Waals surface area contributed by atoms with Crippen LogP contribution in [0.15, 0.2) is 15.2 Å². The van der Waals surface area contributed by atoms with Gasteiger partial charge < -0.3 is 9.52 Å². The highest BCUT2D eigenvalue weighted by atomic mass is 79.9. The van der Waals surface area contributed by atoms with Crippen molar-refractivity contribution in [1.82, 2.24) is 0 Å². The summed E-state index contributed by atoms with van der Waals surface area (Å²) in [5, 5.41) is 8.62. The first-order chi connectivity index (χ1) is 4.24. The minimum absolute atomic E-state index is 0.0303. The van der Waals surface area contributed by atoms with Crippen LogP contribution in [0.3, 0.4) is 0 Å². The number of aryl methyl sites for hydroxylation is 1. The minimum atomic E-state index is -0.0303. The number of aliphatic hydroxyl groups is 1. The van der Waals surface area contributed by atoms with Crippen molar-refractivity contribution in [2.75, 3.05) is 0 Å². The number of hydrogen-bond acceptors (Lipinski definition) is 2. The average molecular weight is 191 g/mol. The van der Waals surface area contributed by atoms with Gasteiger partial charge in [-0.05, 0) is 34.5 Å². The Hall–Kier alpha value is -0.280. The van der Waals surface area contributed by atoms with Crippen LogP contribution in [0.4, 0.5) is 0 Å². The van der Waals surface area contributed by atoms with Gasteiger partial charge in [-0.25, -0.2) is 0 Å². The summed E-state index contributed by atoms with van der Waals surface area (Å²) >= 11 is 3.15. The highest BCUT2D eigenvalue weighted by Gasteiger charge is 2.01. The maximum atomic E-state index is 8.62. The lowest BCUT2D eigenvalue weighted by atomic mass is 10.3. The van der Waals surface area contributed by atoms with Crippen molar-refractivity contribution in [3.63, 3.8) is 0 Å². The van der Waals surface area contributed by atoms with Gasteiger partial charge in [0.15, 0.2) is 4.67 Å². The highest BCUT2D eigenvalue weighted by Crippen LogP contribution is 2.18. The lowest BCUT2D eigenvalue weighted by Crippen LogP contribution is -1.79. The van der Waals surface area contributed by atoms with Crippen LogP contribution in [0.1, 0.15) is 11.3 Å². The van der Waals surface area contributed by atoms with Crippen LogP contribution in [-0.4, -0.2) is 5.11 Å². The Kier molecular flexibility index (Phi) is 1.93. The molecular formula is C6H7BrO2. The van der Waals surface area contributed by atoms with E-state index in [0.29, 0.717) is 10.4 Å². The van der Waals surface area contributed by atoms with Crippen LogP contribution in [0.5, 0.6) is 0 Å². The predicted octanol–water partition coefficient (Wildman–Crippen LogP) is 1.84. The Balaban J connectivity index is 3.01. The molecule has 0 radical (unpaired) electrons. The van der Waals surface area contributed by atoms with E-state index in [-0.39, 0.29) is 6.61 Å². The smallest absolute Gasteiger partial charge is 0.169 e. The monoisotopic (exact) mass is 190 g/mol. The van der Waals surface area contributed by atoms with Crippen LogP contribution >= 0.6 is 15.9 Å². The molecule has 0 aliphatic carbocycles. The zero-order valence-corrected chi connectivity index (χ0v) is 6.60. The first-order valence-corrected chi connectivity index (χ1v) is 3.39. The molecule has 0 aliphatic rings. The average Bonchev–Trinajstić information content (AvgIpc) is 2.10. The fourth-order valence-electron chi connectivity index (χ4n) is 0.635. The van der Waals surface area contributed by atoms with Crippen molar-refractivity contribution in [3.8, 4) is 0 Å². The second kappa shape index (κ2) is 2.54. The number of rotatable bonds is 1. The van der Waals surface area contributed by atoms with E-state index in [9.17, 15) is 0 Å². The molecule has 0 fully saturated rings. The highest BCUT2D eigenvalue weighted by molar-refractivity contribution is 9.10. The maximum absolute atomic E-state index is 8.62. The molecule has 0 saturated heterocycles. The van der Waals surface area contributed by atoms with Crippen molar-refractivity contribution < 1.29 is 9.52 Å². The summed E-state index contributed by atoms with van der Waals surface area (Å²) in [4.78, 5) is 0. The quantitative estimate of drug-likeness (QED) is 0.734. The second-order valence-electron chi connectivity index (χ2n) is 1.81. The van der Waals surface area contributed by atoms with Gasteiger partial charge in [0, 0.05) is 0 Å². The van der Waals surface area contributed by atoms with Gasteiger partial charge in [0.05, 0.1) is 0 Å². The molecule has 2 nitrogen and oxygen atoms in total. The summed E-state index contributed by atoms with van der Waals surface area (Å²) in [6.45, 7) is 1.86. The lowest BCUT2D eigenvalue weighted by molar-refractivity contribution is 0.244. The molecule has 0 spiro atoms. The molecule has 0 aromatic carbocycles. The summed E-state index contributed by atoms with van der Waals surface area (Å²) in [6, 6.07) is 1.82. The van der Waals surface area contributed by atoms with Gasteiger partial charge >= 0.3 is 0 Å². The van der Waals surface area contributed by atoms with E-state index in [2.05, 4.69) is 15.9 Å². The summed E-state index contributed by atoms with van der Waals surface area (Å²) in [5.74, 6) is 0.627. The number of furan rings is 1. The molecule has 1 aromatic rings. The van der Waals surface area contributed by atoms with Crippen molar-refractivity contribution in [1.29, 1.82) is 0 Å². The molecule has 0 bridgehead atoms. The summed E-state index contributed by atoms with van der Waals surface area (Å²) in [5.41, 5.74) is 0.976. The molecule has 1 aromatic heterocycles. The molecule has 0 unspecified atom stereocenters. The van der Waals surface area contributed by atoms with Crippen LogP contribution < -0.4 is 0 Å². The zero-order valence-electron chi connectivity index (χ0n) is 5.02. The van der Waals surface area contributed by atoms with Crippen molar-refractivity contribution in [2.45, 2.75) is 13.5 Å². The summed E-state index contributed by atoms with van der Waals surface area (Å²) in [6.07, 6.45) is 0. The predicted molar refractivity (Wildman–Crippen MR) is 37.1 cm³/mol. The first kappa shape index (κ1) is 6.83. The molecule has 0 saturated carbocycles. The molecule has 0 atom stereocenters. The van der Waals surface area contributed by atoms with Gasteiger partial charge in [0.1, 0.15) is 12.4 Å².